The van der Waals surface area contributed by atoms with Crippen LogP contribution in [0.3, 0.4) is 0 Å². The Morgan fingerprint density at radius 1 is 1.20 bits per heavy atom. The molecule has 3 heterocycles. The highest BCUT2D eigenvalue weighted by Crippen LogP contribution is 2.30. The smallest absolute Gasteiger partial charge is 0.228 e. The molecule has 8 heteroatoms. The molecule has 0 aliphatic carbocycles. The Morgan fingerprint density at radius 2 is 1.97 bits per heavy atom. The summed E-state index contributed by atoms with van der Waals surface area (Å²) in [7, 11) is 0. The van der Waals surface area contributed by atoms with Crippen molar-refractivity contribution in [1.82, 2.24) is 20.2 Å². The van der Waals surface area contributed by atoms with Crippen LogP contribution in [-0.2, 0) is 11.2 Å². The molecular formula is C22H26Cl2N4OS. The maximum atomic E-state index is 13.3. The van der Waals surface area contributed by atoms with E-state index in [9.17, 15) is 4.79 Å². The summed E-state index contributed by atoms with van der Waals surface area (Å²) in [6.07, 6.45) is 4.00. The highest BCUT2D eigenvalue weighted by Gasteiger charge is 2.29. The molecule has 1 fully saturated rings. The van der Waals surface area contributed by atoms with Crippen molar-refractivity contribution in [3.8, 4) is 11.3 Å². The second-order valence-electron chi connectivity index (χ2n) is 7.14. The normalized spacial score (nSPS) is 15.8. The fourth-order valence-corrected chi connectivity index (χ4v) is 4.59. The molecule has 160 valence electrons. The fourth-order valence-electron chi connectivity index (χ4n) is 3.64. The number of hydrogen-bond acceptors (Lipinski definition) is 5. The number of aryl methyl sites for hydroxylation is 2. The van der Waals surface area contributed by atoms with Crippen LogP contribution in [0.25, 0.3) is 11.3 Å². The summed E-state index contributed by atoms with van der Waals surface area (Å²) in [5.74, 6) is 0.146. The monoisotopic (exact) mass is 464 g/mol. The zero-order valence-electron chi connectivity index (χ0n) is 17.0. The minimum absolute atomic E-state index is 0. The van der Waals surface area contributed by atoms with Gasteiger partial charge in [0.2, 0.25) is 5.91 Å². The molecule has 1 unspecified atom stereocenters. The first-order valence-electron chi connectivity index (χ1n) is 9.55. The number of hydrogen-bond donors (Lipinski definition) is 1. The van der Waals surface area contributed by atoms with E-state index in [1.54, 1.807) is 17.5 Å². The zero-order chi connectivity index (χ0) is 19.5. The molecular weight excluding hydrogens is 439 g/mol. The Hall–Kier alpha value is -1.99. The van der Waals surface area contributed by atoms with Crippen LogP contribution in [0.1, 0.15) is 27.1 Å². The number of piperazine rings is 1. The third-order valence-corrected chi connectivity index (χ3v) is 6.04. The predicted molar refractivity (Wildman–Crippen MR) is 127 cm³/mol. The van der Waals surface area contributed by atoms with Gasteiger partial charge in [-0.1, -0.05) is 35.9 Å². The molecule has 0 spiro atoms. The topological polar surface area (TPSA) is 58.1 Å². The summed E-state index contributed by atoms with van der Waals surface area (Å²) >= 11 is 1.62. The van der Waals surface area contributed by atoms with Crippen molar-refractivity contribution in [2.45, 2.75) is 26.3 Å². The number of pyridine rings is 1. The van der Waals surface area contributed by atoms with Gasteiger partial charge in [-0.05, 0) is 25.5 Å². The van der Waals surface area contributed by atoms with Crippen LogP contribution in [0, 0.1) is 13.8 Å². The van der Waals surface area contributed by atoms with Crippen molar-refractivity contribution < 1.29 is 4.79 Å². The zero-order valence-corrected chi connectivity index (χ0v) is 19.4. The van der Waals surface area contributed by atoms with Gasteiger partial charge >= 0.3 is 0 Å². The molecule has 1 N–H and O–H groups in total. The number of aromatic nitrogens is 2. The van der Waals surface area contributed by atoms with Crippen LogP contribution in [0.5, 0.6) is 0 Å². The molecule has 30 heavy (non-hydrogen) atoms. The Balaban J connectivity index is 0.00000160. The first-order valence-corrected chi connectivity index (χ1v) is 10.4. The number of halogens is 2. The van der Waals surface area contributed by atoms with Gasteiger partial charge in [-0.2, -0.15) is 0 Å². The van der Waals surface area contributed by atoms with Gasteiger partial charge in [0, 0.05) is 42.5 Å². The lowest BCUT2D eigenvalue weighted by Crippen LogP contribution is -2.49. The van der Waals surface area contributed by atoms with Gasteiger partial charge in [0.15, 0.2) is 0 Å². The Bertz CT molecular complexity index is 963. The number of rotatable bonds is 4. The van der Waals surface area contributed by atoms with Crippen LogP contribution in [0.4, 0.5) is 0 Å². The largest absolute Gasteiger partial charge is 0.333 e. The van der Waals surface area contributed by atoms with E-state index in [4.69, 9.17) is 4.98 Å². The molecule has 3 aromatic rings. The number of thiazole rings is 1. The molecule has 1 aromatic carbocycles. The number of nitrogens with zero attached hydrogens (tertiary/aromatic N) is 3. The molecule has 1 aliphatic rings. The number of amides is 1. The summed E-state index contributed by atoms with van der Waals surface area (Å²) in [6.45, 7) is 6.35. The van der Waals surface area contributed by atoms with Crippen molar-refractivity contribution in [2.24, 2.45) is 0 Å². The van der Waals surface area contributed by atoms with Crippen LogP contribution >= 0.6 is 36.2 Å². The van der Waals surface area contributed by atoms with E-state index in [0.717, 1.165) is 39.8 Å². The summed E-state index contributed by atoms with van der Waals surface area (Å²) in [5, 5.41) is 4.39. The van der Waals surface area contributed by atoms with Crippen molar-refractivity contribution in [2.75, 3.05) is 19.6 Å². The lowest BCUT2D eigenvalue weighted by atomic mass is 10.0. The Morgan fingerprint density at radius 3 is 2.67 bits per heavy atom. The Labute approximate surface area is 193 Å². The van der Waals surface area contributed by atoms with E-state index in [-0.39, 0.29) is 36.8 Å². The van der Waals surface area contributed by atoms with Crippen LogP contribution in [0.2, 0.25) is 0 Å². The van der Waals surface area contributed by atoms with E-state index >= 15 is 0 Å². The number of carbonyl (C=O) groups is 1. The minimum atomic E-state index is 0. The molecule has 4 rings (SSSR count). The third-order valence-electron chi connectivity index (χ3n) is 5.07. The van der Waals surface area contributed by atoms with Crippen LogP contribution in [-0.4, -0.2) is 40.4 Å². The van der Waals surface area contributed by atoms with Gasteiger partial charge in [0.05, 0.1) is 23.2 Å². The van der Waals surface area contributed by atoms with Gasteiger partial charge in [-0.3, -0.25) is 9.78 Å². The number of nitrogens with one attached hydrogen (secondary N) is 1. The van der Waals surface area contributed by atoms with Crippen molar-refractivity contribution >= 4 is 42.1 Å². The minimum Gasteiger partial charge on any atom is -0.333 e. The lowest BCUT2D eigenvalue weighted by molar-refractivity contribution is -0.133. The quantitative estimate of drug-likeness (QED) is 0.622. The molecule has 1 aliphatic heterocycles. The van der Waals surface area contributed by atoms with Crippen molar-refractivity contribution in [1.29, 1.82) is 0 Å². The van der Waals surface area contributed by atoms with E-state index in [0.29, 0.717) is 13.0 Å². The van der Waals surface area contributed by atoms with Gasteiger partial charge in [0.25, 0.3) is 0 Å². The molecule has 1 saturated heterocycles. The average molecular weight is 465 g/mol. The average Bonchev–Trinajstić information content (AvgIpc) is 3.09. The van der Waals surface area contributed by atoms with Gasteiger partial charge < -0.3 is 10.2 Å². The summed E-state index contributed by atoms with van der Waals surface area (Å²) < 4.78 is 0. The van der Waals surface area contributed by atoms with Gasteiger partial charge in [-0.25, -0.2) is 4.98 Å². The summed E-state index contributed by atoms with van der Waals surface area (Å²) in [4.78, 5) is 25.2. The van der Waals surface area contributed by atoms with E-state index in [2.05, 4.69) is 41.5 Å². The van der Waals surface area contributed by atoms with Crippen LogP contribution < -0.4 is 5.32 Å². The van der Waals surface area contributed by atoms with Crippen molar-refractivity contribution in [3.63, 3.8) is 0 Å². The molecule has 2 aromatic heterocycles. The molecule has 1 atom stereocenters. The fraction of sp³-hybridized carbons (Fsp3) is 0.318. The number of benzene rings is 1. The molecule has 0 saturated carbocycles. The summed E-state index contributed by atoms with van der Waals surface area (Å²) in [5.41, 5.74) is 4.29. The molecule has 5 nitrogen and oxygen atoms in total. The Kier molecular flexibility index (Phi) is 8.79. The third kappa shape index (κ3) is 5.38. The second kappa shape index (κ2) is 10.9. The van der Waals surface area contributed by atoms with E-state index < -0.39 is 0 Å². The van der Waals surface area contributed by atoms with E-state index in [1.165, 1.54) is 5.56 Å². The van der Waals surface area contributed by atoms with Gasteiger partial charge in [0.1, 0.15) is 0 Å². The van der Waals surface area contributed by atoms with Crippen molar-refractivity contribution in [3.05, 3.63) is 69.8 Å². The standard InChI is InChI=1S/C22H24N4OS.2ClH/c1-15-5-7-17(8-6-15)22-20(28-16(2)25-22)12-21(27)26-11-10-24-14-19(26)18-4-3-9-23-13-18;;/h3-9,13,19,24H,10-12,14H2,1-2H3;2*1H. The maximum absolute atomic E-state index is 13.3. The first kappa shape index (κ1) is 24.3. The van der Waals surface area contributed by atoms with Crippen LogP contribution in [0.15, 0.2) is 48.8 Å². The first-order chi connectivity index (χ1) is 13.6. The second-order valence-corrected chi connectivity index (χ2v) is 8.43. The number of carbonyl (C=O) groups excluding carboxylic acids is 1. The highest BCUT2D eigenvalue weighted by molar-refractivity contribution is 7.12. The maximum Gasteiger partial charge on any atom is 0.228 e. The lowest BCUT2D eigenvalue weighted by Gasteiger charge is -2.36. The predicted octanol–water partition coefficient (Wildman–Crippen LogP) is 4.38. The molecule has 1 amide bonds. The van der Waals surface area contributed by atoms with Gasteiger partial charge in [-0.15, -0.1) is 36.2 Å². The SMILES string of the molecule is Cc1ccc(-c2nc(C)sc2CC(=O)N2CCNCC2c2cccnc2)cc1.Cl.Cl. The molecule has 0 radical (unpaired) electrons. The highest BCUT2D eigenvalue weighted by atomic mass is 35.5. The molecule has 0 bridgehead atoms. The van der Waals surface area contributed by atoms with E-state index in [1.807, 2.05) is 30.2 Å². The summed E-state index contributed by atoms with van der Waals surface area (Å²) in [6, 6.07) is 12.3.